The van der Waals surface area contributed by atoms with E-state index in [-0.39, 0.29) is 6.61 Å². The van der Waals surface area contributed by atoms with Crippen LogP contribution in [0.4, 0.5) is 5.69 Å². The van der Waals surface area contributed by atoms with Gasteiger partial charge in [-0.05, 0) is 56.1 Å². The summed E-state index contributed by atoms with van der Waals surface area (Å²) in [5.41, 5.74) is 7.37. The molecule has 0 saturated heterocycles. The van der Waals surface area contributed by atoms with E-state index in [0.29, 0.717) is 15.7 Å². The van der Waals surface area contributed by atoms with Gasteiger partial charge in [-0.2, -0.15) is 0 Å². The van der Waals surface area contributed by atoms with Crippen LogP contribution in [0, 0.1) is 0 Å². The topological polar surface area (TPSA) is 65.2 Å². The molecule has 0 saturated carbocycles. The number of nitrogens with zero attached hydrogens (tertiary/aromatic N) is 1. The van der Waals surface area contributed by atoms with Crippen LogP contribution in [0.25, 0.3) is 0 Å². The molecule has 0 aliphatic rings. The monoisotopic (exact) mass is 384 g/mol. The fourth-order valence-corrected chi connectivity index (χ4v) is 2.28. The van der Waals surface area contributed by atoms with E-state index in [4.69, 9.17) is 10.5 Å². The van der Waals surface area contributed by atoms with Crippen LogP contribution in [-0.2, 0) is 11.3 Å². The van der Waals surface area contributed by atoms with Crippen molar-refractivity contribution in [1.82, 2.24) is 4.98 Å². The molecule has 2 N–H and O–H groups in total. The maximum absolute atomic E-state index is 11.9. The Morgan fingerprint density at radius 3 is 2.79 bits per heavy atom. The number of carbonyl (C=O) groups is 1. The molecule has 0 bridgehead atoms. The number of rotatable bonds is 3. The molecule has 4 nitrogen and oxygen atoms in total. The lowest BCUT2D eigenvalue weighted by Gasteiger charge is -2.07. The fraction of sp³-hybridized carbons (Fsp3) is 0.0769. The second kappa shape index (κ2) is 6.16. The zero-order valence-corrected chi connectivity index (χ0v) is 12.9. The fourth-order valence-electron chi connectivity index (χ4n) is 1.46. The van der Waals surface area contributed by atoms with Gasteiger partial charge in [0.1, 0.15) is 6.61 Å². The molecule has 0 atom stereocenters. The molecule has 2 aromatic rings. The van der Waals surface area contributed by atoms with Gasteiger partial charge >= 0.3 is 5.97 Å². The maximum Gasteiger partial charge on any atom is 0.339 e. The number of halogens is 2. The average Bonchev–Trinajstić information content (AvgIpc) is 2.39. The summed E-state index contributed by atoms with van der Waals surface area (Å²) < 4.78 is 6.71. The summed E-state index contributed by atoms with van der Waals surface area (Å²) in [7, 11) is 0. The number of hydrogen-bond donors (Lipinski definition) is 1. The summed E-state index contributed by atoms with van der Waals surface area (Å²) in [6.45, 7) is 0.159. The first-order valence-corrected chi connectivity index (χ1v) is 6.96. The van der Waals surface area contributed by atoms with Gasteiger partial charge < -0.3 is 10.5 Å². The van der Waals surface area contributed by atoms with Gasteiger partial charge in [-0.3, -0.25) is 4.98 Å². The number of benzene rings is 1. The zero-order chi connectivity index (χ0) is 13.8. The Balaban J connectivity index is 2.07. The molecule has 19 heavy (non-hydrogen) atoms. The van der Waals surface area contributed by atoms with Crippen molar-refractivity contribution in [2.75, 3.05) is 5.73 Å². The number of pyridine rings is 1. The smallest absolute Gasteiger partial charge is 0.339 e. The van der Waals surface area contributed by atoms with E-state index in [2.05, 4.69) is 36.8 Å². The Morgan fingerprint density at radius 1 is 1.26 bits per heavy atom. The molecule has 1 aromatic carbocycles. The van der Waals surface area contributed by atoms with Crippen molar-refractivity contribution in [2.24, 2.45) is 0 Å². The molecule has 0 fully saturated rings. The van der Waals surface area contributed by atoms with Gasteiger partial charge in [0, 0.05) is 32.6 Å². The van der Waals surface area contributed by atoms with E-state index < -0.39 is 5.97 Å². The van der Waals surface area contributed by atoms with Gasteiger partial charge in [0.05, 0.1) is 5.56 Å². The minimum absolute atomic E-state index is 0.159. The van der Waals surface area contributed by atoms with Crippen LogP contribution in [0.1, 0.15) is 15.9 Å². The van der Waals surface area contributed by atoms with Gasteiger partial charge in [-0.15, -0.1) is 0 Å². The third kappa shape index (κ3) is 3.78. The normalized spacial score (nSPS) is 10.2. The molecule has 6 heteroatoms. The molecule has 0 spiro atoms. The second-order valence-corrected chi connectivity index (χ2v) is 5.60. The van der Waals surface area contributed by atoms with E-state index in [1.165, 1.54) is 0 Å². The summed E-state index contributed by atoms with van der Waals surface area (Å²) in [5, 5.41) is 0. The van der Waals surface area contributed by atoms with Crippen molar-refractivity contribution in [1.29, 1.82) is 0 Å². The van der Waals surface area contributed by atoms with Gasteiger partial charge in [-0.25, -0.2) is 4.79 Å². The van der Waals surface area contributed by atoms with Crippen LogP contribution in [0.3, 0.4) is 0 Å². The van der Waals surface area contributed by atoms with Crippen LogP contribution in [0.15, 0.2) is 45.6 Å². The van der Waals surface area contributed by atoms with Crippen molar-refractivity contribution in [3.05, 3.63) is 56.7 Å². The third-order valence-corrected chi connectivity index (χ3v) is 3.47. The number of nitrogens with two attached hydrogens (primary N) is 1. The van der Waals surface area contributed by atoms with E-state index in [9.17, 15) is 4.79 Å². The van der Waals surface area contributed by atoms with Crippen LogP contribution in [0.2, 0.25) is 0 Å². The Labute approximate surface area is 127 Å². The number of hydrogen-bond acceptors (Lipinski definition) is 4. The summed E-state index contributed by atoms with van der Waals surface area (Å²) in [6, 6.07) is 6.84. The maximum atomic E-state index is 11.9. The first-order valence-electron chi connectivity index (χ1n) is 5.38. The molecule has 0 radical (unpaired) electrons. The lowest BCUT2D eigenvalue weighted by molar-refractivity contribution is 0.0471. The van der Waals surface area contributed by atoms with E-state index >= 15 is 0 Å². The molecule has 98 valence electrons. The largest absolute Gasteiger partial charge is 0.457 e. The summed E-state index contributed by atoms with van der Waals surface area (Å²) >= 11 is 6.60. The molecule has 0 amide bonds. The molecule has 1 aromatic heterocycles. The molecule has 0 aliphatic heterocycles. The zero-order valence-electron chi connectivity index (χ0n) is 9.77. The molecule has 1 heterocycles. The van der Waals surface area contributed by atoms with Crippen LogP contribution in [0.5, 0.6) is 0 Å². The molecular formula is C13H10Br2N2O2. The average molecular weight is 386 g/mol. The van der Waals surface area contributed by atoms with Crippen molar-refractivity contribution in [3.8, 4) is 0 Å². The van der Waals surface area contributed by atoms with Crippen LogP contribution >= 0.6 is 31.9 Å². The second-order valence-electron chi connectivity index (χ2n) is 3.83. The first kappa shape index (κ1) is 14.0. The molecule has 0 unspecified atom stereocenters. The minimum Gasteiger partial charge on any atom is -0.457 e. The Bertz CT molecular complexity index is 617. The van der Waals surface area contributed by atoms with Gasteiger partial charge in [0.2, 0.25) is 0 Å². The van der Waals surface area contributed by atoms with Gasteiger partial charge in [-0.1, -0.05) is 0 Å². The highest BCUT2D eigenvalue weighted by Crippen LogP contribution is 2.21. The lowest BCUT2D eigenvalue weighted by atomic mass is 10.2. The van der Waals surface area contributed by atoms with E-state index in [0.717, 1.165) is 10.0 Å². The van der Waals surface area contributed by atoms with Gasteiger partial charge in [0.25, 0.3) is 0 Å². The Morgan fingerprint density at radius 2 is 2.05 bits per heavy atom. The summed E-state index contributed by atoms with van der Waals surface area (Å²) in [5.74, 6) is -0.431. The van der Waals surface area contributed by atoms with Crippen LogP contribution in [-0.4, -0.2) is 11.0 Å². The predicted molar refractivity (Wildman–Crippen MR) is 79.6 cm³/mol. The quantitative estimate of drug-likeness (QED) is 0.648. The highest BCUT2D eigenvalue weighted by molar-refractivity contribution is 9.10. The van der Waals surface area contributed by atoms with E-state index in [1.807, 2.05) is 6.07 Å². The third-order valence-electron chi connectivity index (χ3n) is 2.34. The minimum atomic E-state index is -0.431. The highest BCUT2D eigenvalue weighted by Gasteiger charge is 2.12. The first-order chi connectivity index (χ1) is 9.06. The lowest BCUT2D eigenvalue weighted by Crippen LogP contribution is -2.07. The van der Waals surface area contributed by atoms with E-state index in [1.54, 1.807) is 30.6 Å². The number of anilines is 1. The number of carbonyl (C=O) groups excluding carboxylic acids is 1. The number of esters is 1. The number of aromatic nitrogens is 1. The standard InChI is InChI=1S/C13H10Br2N2O2/c14-9-3-8(5-17-6-9)7-19-13(18)11-4-10(16)1-2-12(11)15/h1-6H,7,16H2. The van der Waals surface area contributed by atoms with Crippen molar-refractivity contribution in [3.63, 3.8) is 0 Å². The summed E-state index contributed by atoms with van der Waals surface area (Å²) in [4.78, 5) is 15.9. The van der Waals surface area contributed by atoms with Gasteiger partial charge in [0.15, 0.2) is 0 Å². The predicted octanol–water partition coefficient (Wildman–Crippen LogP) is 3.55. The number of ether oxygens (including phenoxy) is 1. The van der Waals surface area contributed by atoms with Crippen molar-refractivity contribution < 1.29 is 9.53 Å². The van der Waals surface area contributed by atoms with Crippen molar-refractivity contribution >= 4 is 43.5 Å². The van der Waals surface area contributed by atoms with Crippen molar-refractivity contribution in [2.45, 2.75) is 6.61 Å². The Hall–Kier alpha value is -1.40. The molecule has 2 rings (SSSR count). The number of nitrogen functional groups attached to an aromatic ring is 1. The molecular weight excluding hydrogens is 376 g/mol. The SMILES string of the molecule is Nc1ccc(Br)c(C(=O)OCc2cncc(Br)c2)c1. The van der Waals surface area contributed by atoms with Crippen LogP contribution < -0.4 is 5.73 Å². The highest BCUT2D eigenvalue weighted by atomic mass is 79.9. The summed E-state index contributed by atoms with van der Waals surface area (Å²) in [6.07, 6.45) is 3.31. The Kier molecular flexibility index (Phi) is 4.55. The molecule has 0 aliphatic carbocycles.